The normalized spacial score (nSPS) is 13.2. The fraction of sp³-hybridized carbons (Fsp3) is 0.235. The molecule has 0 unspecified atom stereocenters. The molecule has 32 heavy (non-hydrogen) atoms. The highest BCUT2D eigenvalue weighted by Gasteiger charge is 2.73. The summed E-state index contributed by atoms with van der Waals surface area (Å²) in [5.41, 5.74) is -8.75. The summed E-state index contributed by atoms with van der Waals surface area (Å²) in [5, 5.41) is 1.95. The summed E-state index contributed by atoms with van der Waals surface area (Å²) < 4.78 is 131. The summed E-state index contributed by atoms with van der Waals surface area (Å²) in [6.45, 7) is 0. The monoisotopic (exact) mass is 558 g/mol. The van der Waals surface area contributed by atoms with Gasteiger partial charge in [0.1, 0.15) is 0 Å². The lowest BCUT2D eigenvalue weighted by Gasteiger charge is -2.31. The molecule has 0 aliphatic rings. The molecular formula is C17H9BrF10N2OS. The number of alkyl halides is 10. The molecule has 0 aromatic heterocycles. The molecule has 0 aliphatic heterocycles. The number of rotatable bonds is 4. The van der Waals surface area contributed by atoms with Crippen LogP contribution in [-0.4, -0.2) is 23.8 Å². The number of amides is 1. The van der Waals surface area contributed by atoms with E-state index in [-0.39, 0.29) is 23.4 Å². The largest absolute Gasteiger partial charge is 0.446 e. The second kappa shape index (κ2) is 8.65. The van der Waals surface area contributed by atoms with Crippen LogP contribution in [0.2, 0.25) is 0 Å². The van der Waals surface area contributed by atoms with Gasteiger partial charge in [-0.25, -0.2) is 4.39 Å². The smallest absolute Gasteiger partial charge is 0.399 e. The highest BCUT2D eigenvalue weighted by Crippen LogP contribution is 2.55. The van der Waals surface area contributed by atoms with Gasteiger partial charge in [0.2, 0.25) is 0 Å². The van der Waals surface area contributed by atoms with Crippen molar-refractivity contribution in [3.63, 3.8) is 0 Å². The Balaban J connectivity index is 2.68. The van der Waals surface area contributed by atoms with Crippen molar-refractivity contribution in [2.45, 2.75) is 28.4 Å². The van der Waals surface area contributed by atoms with Gasteiger partial charge >= 0.3 is 23.5 Å². The number of carbonyl (C=O) groups excluding carboxylic acids is 1. The molecule has 0 fully saturated rings. The van der Waals surface area contributed by atoms with Gasteiger partial charge in [0.15, 0.2) is 0 Å². The molecule has 15 heteroatoms. The number of benzene rings is 2. The Bertz CT molecular complexity index is 1010. The summed E-state index contributed by atoms with van der Waals surface area (Å²) in [6, 6.07) is 4.74. The number of carbonyl (C=O) groups is 1. The minimum Gasteiger partial charge on any atom is -0.399 e. The van der Waals surface area contributed by atoms with Crippen molar-refractivity contribution in [2.24, 2.45) is 0 Å². The lowest BCUT2D eigenvalue weighted by molar-refractivity contribution is -0.348. The van der Waals surface area contributed by atoms with Gasteiger partial charge in [-0.3, -0.25) is 4.79 Å². The average molecular weight is 559 g/mol. The van der Waals surface area contributed by atoms with Gasteiger partial charge in [0.05, 0.1) is 5.69 Å². The highest BCUT2D eigenvalue weighted by atomic mass is 79.9. The predicted molar refractivity (Wildman–Crippen MR) is 99.8 cm³/mol. The molecule has 2 aromatic rings. The summed E-state index contributed by atoms with van der Waals surface area (Å²) in [4.78, 5) is 11.0. The summed E-state index contributed by atoms with van der Waals surface area (Å²) in [6.07, 6.45) is -13.1. The molecule has 1 amide bonds. The molecule has 0 atom stereocenters. The lowest BCUT2D eigenvalue weighted by atomic mass is 9.94. The van der Waals surface area contributed by atoms with E-state index in [2.05, 4.69) is 15.9 Å². The van der Waals surface area contributed by atoms with Gasteiger partial charge in [-0.05, 0) is 58.0 Å². The van der Waals surface area contributed by atoms with Gasteiger partial charge in [-0.15, -0.1) is 0 Å². The third-order valence-corrected chi connectivity index (χ3v) is 5.24. The number of anilines is 2. The van der Waals surface area contributed by atoms with Crippen molar-refractivity contribution in [2.75, 3.05) is 11.1 Å². The minimum atomic E-state index is -6.54. The predicted octanol–water partition coefficient (Wildman–Crippen LogP) is 7.18. The van der Waals surface area contributed by atoms with Crippen molar-refractivity contribution < 1.29 is 48.7 Å². The number of hydrogen-bond donors (Lipinski definition) is 2. The maximum absolute atomic E-state index is 14.4. The number of nitrogen functional groups attached to an aromatic ring is 1. The van der Waals surface area contributed by atoms with E-state index in [1.54, 1.807) is 0 Å². The number of nitrogens with two attached hydrogens (primary N) is 1. The maximum atomic E-state index is 14.4. The van der Waals surface area contributed by atoms with Crippen molar-refractivity contribution >= 4 is 45.0 Å². The lowest BCUT2D eigenvalue weighted by Crippen LogP contribution is -2.50. The first-order valence-electron chi connectivity index (χ1n) is 7.96. The molecule has 0 aliphatic carbocycles. The van der Waals surface area contributed by atoms with Gasteiger partial charge in [0.25, 0.3) is 5.91 Å². The topological polar surface area (TPSA) is 55.1 Å². The molecule has 2 aromatic carbocycles. The standard InChI is InChI=1S/C17H9BrF10N2OS/c18-10-5-8(14(19,15(20,21)22)16(23,24)25)6-11(32-17(26,27)28)12(10)30-13(31)7-2-1-3-9(29)4-7/h1-6H,29H2,(H,30,31). The van der Waals surface area contributed by atoms with E-state index < -0.39 is 61.8 Å². The van der Waals surface area contributed by atoms with E-state index in [0.717, 1.165) is 6.07 Å². The second-order valence-electron chi connectivity index (χ2n) is 6.11. The van der Waals surface area contributed by atoms with Gasteiger partial charge in [0, 0.05) is 26.2 Å². The molecule has 0 heterocycles. The van der Waals surface area contributed by atoms with E-state index in [1.165, 1.54) is 18.2 Å². The van der Waals surface area contributed by atoms with Crippen molar-refractivity contribution in [1.29, 1.82) is 0 Å². The third kappa shape index (κ3) is 5.42. The molecule has 3 nitrogen and oxygen atoms in total. The zero-order valence-corrected chi connectivity index (χ0v) is 17.4. The maximum Gasteiger partial charge on any atom is 0.446 e. The van der Waals surface area contributed by atoms with Crippen LogP contribution in [-0.2, 0) is 5.67 Å². The highest BCUT2D eigenvalue weighted by molar-refractivity contribution is 9.10. The fourth-order valence-corrected chi connectivity index (χ4v) is 3.85. The van der Waals surface area contributed by atoms with Crippen molar-refractivity contribution in [3.8, 4) is 0 Å². The minimum absolute atomic E-state index is 0.00359. The zero-order chi connectivity index (χ0) is 24.7. The Labute approximate surface area is 185 Å². The van der Waals surface area contributed by atoms with Crippen LogP contribution in [0.25, 0.3) is 0 Å². The average Bonchev–Trinajstić information content (AvgIpc) is 2.60. The van der Waals surface area contributed by atoms with E-state index in [0.29, 0.717) is 0 Å². The number of hydrogen-bond acceptors (Lipinski definition) is 3. The van der Waals surface area contributed by atoms with Crippen LogP contribution in [0.5, 0.6) is 0 Å². The first kappa shape index (κ1) is 26.1. The zero-order valence-electron chi connectivity index (χ0n) is 15.0. The Hall–Kier alpha value is -2.16. The number of nitrogens with one attached hydrogen (secondary N) is 1. The van der Waals surface area contributed by atoms with Gasteiger partial charge in [-0.1, -0.05) is 6.07 Å². The van der Waals surface area contributed by atoms with Crippen molar-refractivity contribution in [3.05, 3.63) is 52.0 Å². The Morgan fingerprint density at radius 1 is 0.906 bits per heavy atom. The summed E-state index contributed by atoms with van der Waals surface area (Å²) >= 11 is 1.39. The van der Waals surface area contributed by atoms with Crippen molar-refractivity contribution in [1.82, 2.24) is 0 Å². The SMILES string of the molecule is Nc1cccc(C(=O)Nc2c(Br)cc(C(F)(C(F)(F)F)C(F)(F)F)cc2SC(F)(F)F)c1. The van der Waals surface area contributed by atoms with Crippen LogP contribution in [0, 0.1) is 0 Å². The van der Waals surface area contributed by atoms with E-state index in [1.807, 2.05) is 5.32 Å². The fourth-order valence-electron chi connectivity index (χ4n) is 2.46. The molecule has 2 rings (SSSR count). The first-order chi connectivity index (χ1) is 14.4. The quantitative estimate of drug-likeness (QED) is 0.237. The van der Waals surface area contributed by atoms with E-state index in [4.69, 9.17) is 5.73 Å². The first-order valence-corrected chi connectivity index (χ1v) is 9.57. The van der Waals surface area contributed by atoms with Crippen LogP contribution < -0.4 is 11.1 Å². The summed E-state index contributed by atoms with van der Waals surface area (Å²) in [5.74, 6) is -1.08. The van der Waals surface area contributed by atoms with Gasteiger partial charge in [-0.2, -0.15) is 39.5 Å². The molecular weight excluding hydrogens is 550 g/mol. The van der Waals surface area contributed by atoms with Crippen LogP contribution in [0.1, 0.15) is 15.9 Å². The third-order valence-electron chi connectivity index (χ3n) is 3.85. The molecule has 0 radical (unpaired) electrons. The molecule has 0 saturated heterocycles. The Kier molecular flexibility index (Phi) is 7.05. The second-order valence-corrected chi connectivity index (χ2v) is 8.07. The number of thioether (sulfide) groups is 1. The molecule has 0 bridgehead atoms. The molecule has 176 valence electrons. The van der Waals surface area contributed by atoms with Crippen LogP contribution >= 0.6 is 27.7 Å². The molecule has 0 saturated carbocycles. The summed E-state index contributed by atoms with van der Waals surface area (Å²) in [7, 11) is 0. The Morgan fingerprint density at radius 3 is 1.94 bits per heavy atom. The Morgan fingerprint density at radius 2 is 1.47 bits per heavy atom. The van der Waals surface area contributed by atoms with E-state index >= 15 is 0 Å². The van der Waals surface area contributed by atoms with Crippen LogP contribution in [0.3, 0.4) is 0 Å². The van der Waals surface area contributed by atoms with Crippen LogP contribution in [0.15, 0.2) is 45.8 Å². The van der Waals surface area contributed by atoms with E-state index in [9.17, 15) is 48.7 Å². The number of halogens is 11. The molecule has 0 spiro atoms. The van der Waals surface area contributed by atoms with Crippen LogP contribution in [0.4, 0.5) is 55.3 Å². The van der Waals surface area contributed by atoms with Gasteiger partial charge < -0.3 is 11.1 Å². The molecule has 3 N–H and O–H groups in total.